The molecule has 2 fully saturated rings. The molecule has 8 heteroatoms. The molecule has 4 heterocycles. The molecule has 2 amide bonds. The van der Waals surface area contributed by atoms with Crippen molar-refractivity contribution >= 4 is 11.7 Å². The maximum Gasteiger partial charge on any atom is 0.322 e. The molecule has 2 aliphatic rings. The molecule has 0 unspecified atom stereocenters. The van der Waals surface area contributed by atoms with Gasteiger partial charge in [-0.2, -0.15) is 5.10 Å². The summed E-state index contributed by atoms with van der Waals surface area (Å²) in [7, 11) is 0. The Labute approximate surface area is 159 Å². The summed E-state index contributed by atoms with van der Waals surface area (Å²) in [5.74, 6) is 0.719. The van der Waals surface area contributed by atoms with Crippen molar-refractivity contribution in [2.75, 3.05) is 38.2 Å². The van der Waals surface area contributed by atoms with Crippen LogP contribution in [-0.4, -0.2) is 75.5 Å². The number of nitrogens with one attached hydrogen (secondary N) is 1. The molecule has 1 N–H and O–H groups in total. The lowest BCUT2D eigenvalue weighted by molar-refractivity contribution is 0.00816. The third-order valence-electron chi connectivity index (χ3n) is 5.37. The standard InChI is InChI=1S/C19H26N6O2/c1-15-14-23(17-5-11-27-12-6-17)9-10-24(15)19(26)22-16-3-4-18(20-13-16)25-8-2-7-21-25/h2-4,7-8,13,15,17H,5-6,9-12,14H2,1H3,(H,22,26)/t15-/m1/s1. The van der Waals surface area contributed by atoms with E-state index in [0.29, 0.717) is 11.7 Å². The van der Waals surface area contributed by atoms with Crippen molar-refractivity contribution in [3.63, 3.8) is 0 Å². The zero-order chi connectivity index (χ0) is 18.6. The van der Waals surface area contributed by atoms with Crippen LogP contribution in [-0.2, 0) is 4.74 Å². The number of nitrogens with zero attached hydrogens (tertiary/aromatic N) is 5. The molecule has 0 bridgehead atoms. The summed E-state index contributed by atoms with van der Waals surface area (Å²) in [5.41, 5.74) is 0.690. The highest BCUT2D eigenvalue weighted by Gasteiger charge is 2.31. The van der Waals surface area contributed by atoms with Gasteiger partial charge in [0.1, 0.15) is 0 Å². The highest BCUT2D eigenvalue weighted by molar-refractivity contribution is 5.89. The van der Waals surface area contributed by atoms with Crippen molar-refractivity contribution in [1.82, 2.24) is 24.6 Å². The lowest BCUT2D eigenvalue weighted by Crippen LogP contribution is -2.58. The van der Waals surface area contributed by atoms with E-state index in [4.69, 9.17) is 4.74 Å². The van der Waals surface area contributed by atoms with E-state index in [9.17, 15) is 4.79 Å². The van der Waals surface area contributed by atoms with Gasteiger partial charge >= 0.3 is 6.03 Å². The van der Waals surface area contributed by atoms with Crippen LogP contribution in [0.15, 0.2) is 36.8 Å². The zero-order valence-electron chi connectivity index (χ0n) is 15.6. The fourth-order valence-corrected chi connectivity index (χ4v) is 3.86. The number of urea groups is 1. The number of rotatable bonds is 3. The number of piperazine rings is 1. The van der Waals surface area contributed by atoms with Crippen LogP contribution >= 0.6 is 0 Å². The van der Waals surface area contributed by atoms with E-state index in [-0.39, 0.29) is 12.1 Å². The maximum absolute atomic E-state index is 12.7. The lowest BCUT2D eigenvalue weighted by atomic mass is 10.0. The molecule has 2 saturated heterocycles. The Kier molecular flexibility index (Phi) is 5.35. The van der Waals surface area contributed by atoms with E-state index in [1.165, 1.54) is 0 Å². The first kappa shape index (κ1) is 17.9. The summed E-state index contributed by atoms with van der Waals surface area (Å²) in [6, 6.07) is 6.24. The molecular formula is C19H26N6O2. The average molecular weight is 370 g/mol. The van der Waals surface area contributed by atoms with Crippen LogP contribution in [0.4, 0.5) is 10.5 Å². The summed E-state index contributed by atoms with van der Waals surface area (Å²) in [5, 5.41) is 7.12. The minimum Gasteiger partial charge on any atom is -0.381 e. The second-order valence-corrected chi connectivity index (χ2v) is 7.17. The molecule has 2 aromatic rings. The SMILES string of the molecule is C[C@@H]1CN(C2CCOCC2)CCN1C(=O)Nc1ccc(-n2cccn2)nc1. The van der Waals surface area contributed by atoms with E-state index in [0.717, 1.165) is 51.5 Å². The topological polar surface area (TPSA) is 75.5 Å². The van der Waals surface area contributed by atoms with Gasteiger partial charge in [-0.25, -0.2) is 14.5 Å². The van der Waals surface area contributed by atoms with Gasteiger partial charge in [0.05, 0.1) is 11.9 Å². The van der Waals surface area contributed by atoms with Crippen molar-refractivity contribution in [1.29, 1.82) is 0 Å². The van der Waals surface area contributed by atoms with Gasteiger partial charge in [0.2, 0.25) is 0 Å². The summed E-state index contributed by atoms with van der Waals surface area (Å²) < 4.78 is 7.15. The van der Waals surface area contributed by atoms with Crippen LogP contribution in [0.1, 0.15) is 19.8 Å². The zero-order valence-corrected chi connectivity index (χ0v) is 15.6. The van der Waals surface area contributed by atoms with E-state index < -0.39 is 0 Å². The van der Waals surface area contributed by atoms with Crippen LogP contribution in [0.2, 0.25) is 0 Å². The molecule has 2 aliphatic heterocycles. The number of carbonyl (C=O) groups is 1. The van der Waals surface area contributed by atoms with E-state index in [1.807, 2.05) is 29.3 Å². The smallest absolute Gasteiger partial charge is 0.322 e. The van der Waals surface area contributed by atoms with Crippen LogP contribution in [0.25, 0.3) is 5.82 Å². The third kappa shape index (κ3) is 4.12. The Morgan fingerprint density at radius 3 is 2.78 bits per heavy atom. The average Bonchev–Trinajstić information content (AvgIpc) is 3.24. The number of aromatic nitrogens is 3. The molecule has 144 valence electrons. The van der Waals surface area contributed by atoms with E-state index in [2.05, 4.69) is 27.2 Å². The van der Waals surface area contributed by atoms with Crippen molar-refractivity contribution in [2.45, 2.75) is 31.8 Å². The summed E-state index contributed by atoms with van der Waals surface area (Å²) >= 11 is 0. The Hall–Kier alpha value is -2.45. The van der Waals surface area contributed by atoms with Gasteiger partial charge in [-0.3, -0.25) is 4.90 Å². The van der Waals surface area contributed by atoms with Gasteiger partial charge in [-0.1, -0.05) is 0 Å². The summed E-state index contributed by atoms with van der Waals surface area (Å²) in [6.07, 6.45) is 7.39. The van der Waals surface area contributed by atoms with Gasteiger partial charge < -0.3 is 15.0 Å². The molecule has 0 saturated carbocycles. The number of pyridine rings is 1. The monoisotopic (exact) mass is 370 g/mol. The van der Waals surface area contributed by atoms with E-state index >= 15 is 0 Å². The minimum atomic E-state index is -0.0669. The normalized spacial score (nSPS) is 22.0. The number of carbonyl (C=O) groups excluding carboxylic acids is 1. The fraction of sp³-hybridized carbons (Fsp3) is 0.526. The highest BCUT2D eigenvalue weighted by atomic mass is 16.5. The Balaban J connectivity index is 1.33. The quantitative estimate of drug-likeness (QED) is 0.894. The molecule has 8 nitrogen and oxygen atoms in total. The van der Waals surface area contributed by atoms with Gasteiger partial charge in [0.15, 0.2) is 5.82 Å². The lowest BCUT2D eigenvalue weighted by Gasteiger charge is -2.44. The summed E-state index contributed by atoms with van der Waals surface area (Å²) in [6.45, 7) is 6.38. The second kappa shape index (κ2) is 8.06. The third-order valence-corrected chi connectivity index (χ3v) is 5.37. The van der Waals surface area contributed by atoms with Crippen molar-refractivity contribution in [2.24, 2.45) is 0 Å². The number of anilines is 1. The largest absolute Gasteiger partial charge is 0.381 e. The molecule has 2 aromatic heterocycles. The van der Waals surface area contributed by atoms with Gasteiger partial charge in [0.25, 0.3) is 0 Å². The molecule has 0 aliphatic carbocycles. The number of amides is 2. The molecule has 0 spiro atoms. The maximum atomic E-state index is 12.7. The molecule has 4 rings (SSSR count). The van der Waals surface area contributed by atoms with Gasteiger partial charge in [0, 0.05) is 57.3 Å². The first-order chi connectivity index (χ1) is 13.2. The minimum absolute atomic E-state index is 0.0669. The van der Waals surface area contributed by atoms with Crippen molar-refractivity contribution in [3.8, 4) is 5.82 Å². The predicted octanol–water partition coefficient (Wildman–Crippen LogP) is 1.98. The van der Waals surface area contributed by atoms with Crippen LogP contribution in [0, 0.1) is 0 Å². The fourth-order valence-electron chi connectivity index (χ4n) is 3.86. The molecule has 0 aromatic carbocycles. The van der Waals surface area contributed by atoms with Gasteiger partial charge in [-0.15, -0.1) is 0 Å². The summed E-state index contributed by atoms with van der Waals surface area (Å²) in [4.78, 5) is 21.5. The number of ether oxygens (including phenoxy) is 1. The van der Waals surface area contributed by atoms with E-state index in [1.54, 1.807) is 17.1 Å². The molecule has 27 heavy (non-hydrogen) atoms. The molecular weight excluding hydrogens is 344 g/mol. The molecule has 0 radical (unpaired) electrons. The first-order valence-electron chi connectivity index (χ1n) is 9.56. The Morgan fingerprint density at radius 2 is 2.11 bits per heavy atom. The molecule has 1 atom stereocenters. The predicted molar refractivity (Wildman–Crippen MR) is 102 cm³/mol. The van der Waals surface area contributed by atoms with Crippen LogP contribution in [0.5, 0.6) is 0 Å². The first-order valence-corrected chi connectivity index (χ1v) is 9.56. The van der Waals surface area contributed by atoms with Gasteiger partial charge in [-0.05, 0) is 38.0 Å². The highest BCUT2D eigenvalue weighted by Crippen LogP contribution is 2.20. The van der Waals surface area contributed by atoms with Crippen LogP contribution in [0.3, 0.4) is 0 Å². The second-order valence-electron chi connectivity index (χ2n) is 7.17. The van der Waals surface area contributed by atoms with Crippen molar-refractivity contribution < 1.29 is 9.53 Å². The Bertz CT molecular complexity index is 742. The van der Waals surface area contributed by atoms with Crippen LogP contribution < -0.4 is 5.32 Å². The number of hydrogen-bond acceptors (Lipinski definition) is 5. The van der Waals surface area contributed by atoms with Crippen molar-refractivity contribution in [3.05, 3.63) is 36.8 Å². The Morgan fingerprint density at radius 1 is 1.26 bits per heavy atom. The number of hydrogen-bond donors (Lipinski definition) is 1.